The molecule has 2 rings (SSSR count). The van der Waals surface area contributed by atoms with Crippen molar-refractivity contribution in [2.75, 3.05) is 0 Å². The summed E-state index contributed by atoms with van der Waals surface area (Å²) in [6.07, 6.45) is 3.14. The van der Waals surface area contributed by atoms with Gasteiger partial charge in [-0.2, -0.15) is 0 Å². The number of pyridine rings is 1. The molecule has 0 aliphatic carbocycles. The first kappa shape index (κ1) is 16.6. The first-order chi connectivity index (χ1) is 10.2. The van der Waals surface area contributed by atoms with E-state index in [2.05, 4.69) is 15.2 Å². The van der Waals surface area contributed by atoms with Crippen LogP contribution in [-0.4, -0.2) is 19.5 Å². The standard InChI is InChI=1S/C12H15N5O2.C2H6/c1-3-16-11(18)10(12(19)17(16)4-2)15-14-9-6-5-7-13-8-9;1-2/h5-8,18H,3-4H2,1-2H3;1-2H3. The van der Waals surface area contributed by atoms with Crippen LogP contribution in [-0.2, 0) is 13.1 Å². The van der Waals surface area contributed by atoms with Crippen molar-refractivity contribution in [1.29, 1.82) is 0 Å². The van der Waals surface area contributed by atoms with Crippen LogP contribution in [0.2, 0.25) is 0 Å². The quantitative estimate of drug-likeness (QED) is 0.877. The lowest BCUT2D eigenvalue weighted by Crippen LogP contribution is -2.21. The predicted molar refractivity (Wildman–Crippen MR) is 81.5 cm³/mol. The topological polar surface area (TPSA) is 84.8 Å². The molecule has 0 radical (unpaired) electrons. The number of azo groups is 1. The van der Waals surface area contributed by atoms with Crippen molar-refractivity contribution >= 4 is 11.4 Å². The van der Waals surface area contributed by atoms with Gasteiger partial charge in [0, 0.05) is 19.3 Å². The van der Waals surface area contributed by atoms with E-state index in [1.165, 1.54) is 15.6 Å². The Labute approximate surface area is 123 Å². The molecule has 0 saturated carbocycles. The minimum atomic E-state index is -0.352. The second-order valence-corrected chi connectivity index (χ2v) is 3.82. The molecule has 2 heterocycles. The Morgan fingerprint density at radius 2 is 1.86 bits per heavy atom. The van der Waals surface area contributed by atoms with Gasteiger partial charge in [0.1, 0.15) is 5.69 Å². The highest BCUT2D eigenvalue weighted by atomic mass is 16.3. The predicted octanol–water partition coefficient (Wildman–Crippen LogP) is 3.23. The number of aromatic nitrogens is 3. The van der Waals surface area contributed by atoms with Gasteiger partial charge in [0.05, 0.1) is 6.20 Å². The highest BCUT2D eigenvalue weighted by Gasteiger charge is 2.17. The van der Waals surface area contributed by atoms with E-state index in [1.807, 2.05) is 27.7 Å². The summed E-state index contributed by atoms with van der Waals surface area (Å²) in [6, 6.07) is 3.43. The molecule has 0 amide bonds. The molecule has 0 saturated heterocycles. The van der Waals surface area contributed by atoms with Crippen molar-refractivity contribution in [3.63, 3.8) is 0 Å². The minimum absolute atomic E-state index is 0.0486. The van der Waals surface area contributed by atoms with Crippen molar-refractivity contribution in [2.45, 2.75) is 40.8 Å². The van der Waals surface area contributed by atoms with Gasteiger partial charge < -0.3 is 5.11 Å². The van der Waals surface area contributed by atoms with Gasteiger partial charge in [-0.15, -0.1) is 10.2 Å². The van der Waals surface area contributed by atoms with Crippen molar-refractivity contribution in [1.82, 2.24) is 14.3 Å². The van der Waals surface area contributed by atoms with Crippen molar-refractivity contribution < 1.29 is 5.11 Å². The number of hydrogen-bond acceptors (Lipinski definition) is 5. The molecule has 2 aromatic heterocycles. The number of rotatable bonds is 4. The van der Waals surface area contributed by atoms with E-state index in [0.29, 0.717) is 18.8 Å². The van der Waals surface area contributed by atoms with Crippen LogP contribution in [0.15, 0.2) is 39.5 Å². The van der Waals surface area contributed by atoms with Crippen LogP contribution in [0.5, 0.6) is 5.88 Å². The Morgan fingerprint density at radius 1 is 1.19 bits per heavy atom. The summed E-state index contributed by atoms with van der Waals surface area (Å²) >= 11 is 0. The Balaban J connectivity index is 0.00000106. The lowest BCUT2D eigenvalue weighted by atomic mass is 10.4. The molecule has 0 aliphatic heterocycles. The highest BCUT2D eigenvalue weighted by molar-refractivity contribution is 5.45. The van der Waals surface area contributed by atoms with Gasteiger partial charge in [-0.3, -0.25) is 9.78 Å². The van der Waals surface area contributed by atoms with Crippen LogP contribution in [0, 0.1) is 0 Å². The second-order valence-electron chi connectivity index (χ2n) is 3.82. The fourth-order valence-corrected chi connectivity index (χ4v) is 1.81. The Morgan fingerprint density at radius 3 is 2.33 bits per heavy atom. The molecular formula is C14H21N5O2. The molecular weight excluding hydrogens is 270 g/mol. The van der Waals surface area contributed by atoms with Gasteiger partial charge in [0.2, 0.25) is 11.6 Å². The fourth-order valence-electron chi connectivity index (χ4n) is 1.81. The molecule has 7 nitrogen and oxygen atoms in total. The molecule has 1 N–H and O–H groups in total. The monoisotopic (exact) mass is 291 g/mol. The minimum Gasteiger partial charge on any atom is -0.492 e. The number of aromatic hydroxyl groups is 1. The van der Waals surface area contributed by atoms with Crippen molar-refractivity contribution in [3.8, 4) is 5.88 Å². The molecule has 114 valence electrons. The molecule has 0 spiro atoms. The molecule has 0 fully saturated rings. The molecule has 21 heavy (non-hydrogen) atoms. The van der Waals surface area contributed by atoms with Gasteiger partial charge in [0.15, 0.2) is 0 Å². The summed E-state index contributed by atoms with van der Waals surface area (Å²) in [4.78, 5) is 15.9. The maximum atomic E-state index is 12.0. The molecule has 0 aliphatic rings. The number of hydrogen-bond donors (Lipinski definition) is 1. The Hall–Kier alpha value is -2.44. The van der Waals surface area contributed by atoms with Crippen molar-refractivity contribution in [3.05, 3.63) is 34.9 Å². The third-order valence-corrected chi connectivity index (χ3v) is 2.70. The van der Waals surface area contributed by atoms with E-state index in [1.54, 1.807) is 18.3 Å². The van der Waals surface area contributed by atoms with E-state index in [4.69, 9.17) is 0 Å². The number of nitrogens with zero attached hydrogens (tertiary/aromatic N) is 5. The fraction of sp³-hybridized carbons (Fsp3) is 0.429. The van der Waals surface area contributed by atoms with Crippen LogP contribution >= 0.6 is 0 Å². The lowest BCUT2D eigenvalue weighted by molar-refractivity contribution is 0.366. The zero-order valence-corrected chi connectivity index (χ0v) is 12.8. The van der Waals surface area contributed by atoms with Crippen molar-refractivity contribution in [2.24, 2.45) is 10.2 Å². The van der Waals surface area contributed by atoms with Gasteiger partial charge >= 0.3 is 0 Å². The maximum Gasteiger partial charge on any atom is 0.298 e. The molecule has 2 aromatic rings. The van der Waals surface area contributed by atoms with Gasteiger partial charge in [-0.1, -0.05) is 13.8 Å². The SMILES string of the molecule is CC.CCn1c(O)c(N=Nc2cccnc2)c(=O)n1CC. The van der Waals surface area contributed by atoms with Crippen LogP contribution in [0.25, 0.3) is 0 Å². The smallest absolute Gasteiger partial charge is 0.298 e. The van der Waals surface area contributed by atoms with Crippen LogP contribution in [0.4, 0.5) is 11.4 Å². The van der Waals surface area contributed by atoms with Crippen LogP contribution in [0.1, 0.15) is 27.7 Å². The van der Waals surface area contributed by atoms with Gasteiger partial charge in [0.25, 0.3) is 5.56 Å². The largest absolute Gasteiger partial charge is 0.492 e. The summed E-state index contributed by atoms with van der Waals surface area (Å²) in [7, 11) is 0. The van der Waals surface area contributed by atoms with E-state index < -0.39 is 0 Å². The third kappa shape index (κ3) is 3.56. The second kappa shape index (κ2) is 7.98. The van der Waals surface area contributed by atoms with E-state index >= 15 is 0 Å². The van der Waals surface area contributed by atoms with Crippen LogP contribution < -0.4 is 5.56 Å². The molecule has 0 atom stereocenters. The summed E-state index contributed by atoms with van der Waals surface area (Å²) < 4.78 is 2.90. The van der Waals surface area contributed by atoms with E-state index in [-0.39, 0.29) is 17.1 Å². The zero-order valence-electron chi connectivity index (χ0n) is 12.8. The molecule has 0 unspecified atom stereocenters. The Bertz CT molecular complexity index is 643. The average Bonchev–Trinajstić information content (AvgIpc) is 2.78. The molecule has 0 aromatic carbocycles. The molecule has 0 bridgehead atoms. The highest BCUT2D eigenvalue weighted by Crippen LogP contribution is 2.24. The Kier molecular flexibility index (Phi) is 6.32. The van der Waals surface area contributed by atoms with Gasteiger partial charge in [-0.05, 0) is 26.0 Å². The first-order valence-electron chi connectivity index (χ1n) is 7.03. The van der Waals surface area contributed by atoms with E-state index in [9.17, 15) is 9.90 Å². The summed E-state index contributed by atoms with van der Waals surface area (Å²) in [5, 5.41) is 17.7. The summed E-state index contributed by atoms with van der Waals surface area (Å²) in [5.74, 6) is -0.165. The zero-order chi connectivity index (χ0) is 15.8. The maximum absolute atomic E-state index is 12.0. The van der Waals surface area contributed by atoms with Crippen LogP contribution in [0.3, 0.4) is 0 Å². The normalized spacial score (nSPS) is 10.5. The van der Waals surface area contributed by atoms with E-state index in [0.717, 1.165) is 0 Å². The third-order valence-electron chi connectivity index (χ3n) is 2.70. The average molecular weight is 291 g/mol. The molecule has 7 heteroatoms. The summed E-state index contributed by atoms with van der Waals surface area (Å²) in [6.45, 7) is 8.61. The van der Waals surface area contributed by atoms with Gasteiger partial charge in [-0.25, -0.2) is 9.36 Å². The first-order valence-corrected chi connectivity index (χ1v) is 7.03. The lowest BCUT2D eigenvalue weighted by Gasteiger charge is -2.06. The summed E-state index contributed by atoms with van der Waals surface area (Å²) in [5.41, 5.74) is 0.121.